The van der Waals surface area contributed by atoms with E-state index in [-0.39, 0.29) is 29.4 Å². The van der Waals surface area contributed by atoms with Crippen LogP contribution < -0.4 is 10.6 Å². The Bertz CT molecular complexity index is 831. The van der Waals surface area contributed by atoms with Gasteiger partial charge in [0.05, 0.1) is 12.1 Å². The van der Waals surface area contributed by atoms with Crippen molar-refractivity contribution in [2.75, 3.05) is 6.54 Å². The highest BCUT2D eigenvalue weighted by molar-refractivity contribution is 5.95. The molecule has 3 N–H and O–H groups in total. The van der Waals surface area contributed by atoms with Crippen LogP contribution in [0, 0.1) is 11.7 Å². The smallest absolute Gasteiger partial charge is 0.326 e. The summed E-state index contributed by atoms with van der Waals surface area (Å²) in [5.74, 6) is -2.72. The van der Waals surface area contributed by atoms with E-state index in [2.05, 4.69) is 10.6 Å². The Balaban J connectivity index is 1.93. The highest BCUT2D eigenvalue weighted by atomic mass is 19.1. The molecule has 1 aromatic heterocycles. The van der Waals surface area contributed by atoms with Gasteiger partial charge in [0.15, 0.2) is 5.76 Å². The van der Waals surface area contributed by atoms with E-state index < -0.39 is 36.2 Å². The number of carbonyl (C=O) groups is 3. The molecule has 0 saturated heterocycles. The van der Waals surface area contributed by atoms with Gasteiger partial charge < -0.3 is 20.2 Å². The summed E-state index contributed by atoms with van der Waals surface area (Å²) < 4.78 is 19.1. The molecule has 1 aromatic carbocycles. The van der Waals surface area contributed by atoms with Crippen molar-refractivity contribution < 1.29 is 28.3 Å². The maximum atomic E-state index is 13.8. The highest BCUT2D eigenvalue weighted by Gasteiger charge is 2.21. The van der Waals surface area contributed by atoms with Crippen molar-refractivity contribution in [1.29, 1.82) is 0 Å². The fourth-order valence-electron chi connectivity index (χ4n) is 2.45. The zero-order valence-electron chi connectivity index (χ0n) is 15.0. The van der Waals surface area contributed by atoms with Gasteiger partial charge in [0.2, 0.25) is 5.91 Å². The summed E-state index contributed by atoms with van der Waals surface area (Å²) in [6, 6.07) is 7.77. The van der Waals surface area contributed by atoms with Gasteiger partial charge in [-0.1, -0.05) is 26.0 Å². The molecule has 0 aliphatic carbocycles. The number of carbonyl (C=O) groups excluding carboxylic acids is 2. The number of carboxylic acids is 1. The van der Waals surface area contributed by atoms with E-state index in [1.54, 1.807) is 6.07 Å². The molecule has 8 heteroatoms. The van der Waals surface area contributed by atoms with Gasteiger partial charge in [-0.05, 0) is 36.6 Å². The van der Waals surface area contributed by atoms with E-state index >= 15 is 0 Å². The van der Waals surface area contributed by atoms with Crippen molar-refractivity contribution in [3.05, 3.63) is 48.0 Å². The van der Waals surface area contributed by atoms with Crippen LogP contribution in [0.25, 0.3) is 11.3 Å². The average Bonchev–Trinajstić information content (AvgIpc) is 3.09. The van der Waals surface area contributed by atoms with Crippen LogP contribution >= 0.6 is 0 Å². The minimum Gasteiger partial charge on any atom is -0.480 e. The number of amides is 2. The number of rotatable bonds is 8. The molecule has 2 amide bonds. The Morgan fingerprint density at radius 2 is 1.85 bits per heavy atom. The molecule has 0 aliphatic heterocycles. The van der Waals surface area contributed by atoms with Crippen LogP contribution in [0.1, 0.15) is 30.8 Å². The first-order chi connectivity index (χ1) is 12.8. The van der Waals surface area contributed by atoms with Crippen molar-refractivity contribution in [3.63, 3.8) is 0 Å². The van der Waals surface area contributed by atoms with Crippen molar-refractivity contribution in [2.24, 2.45) is 5.92 Å². The van der Waals surface area contributed by atoms with Crippen molar-refractivity contribution in [1.82, 2.24) is 10.6 Å². The lowest BCUT2D eigenvalue weighted by Crippen LogP contribution is -2.46. The largest absolute Gasteiger partial charge is 0.480 e. The first-order valence-corrected chi connectivity index (χ1v) is 8.43. The Morgan fingerprint density at radius 3 is 2.48 bits per heavy atom. The summed E-state index contributed by atoms with van der Waals surface area (Å²) in [6.07, 6.45) is 0.277. The van der Waals surface area contributed by atoms with Gasteiger partial charge >= 0.3 is 5.97 Å². The zero-order chi connectivity index (χ0) is 20.0. The molecular weight excluding hydrogens is 355 g/mol. The van der Waals surface area contributed by atoms with E-state index in [9.17, 15) is 18.8 Å². The number of carboxylic acid groups (broad SMARTS) is 1. The van der Waals surface area contributed by atoms with Crippen molar-refractivity contribution >= 4 is 17.8 Å². The monoisotopic (exact) mass is 376 g/mol. The lowest BCUT2D eigenvalue weighted by Gasteiger charge is -2.16. The summed E-state index contributed by atoms with van der Waals surface area (Å²) in [6.45, 7) is 3.28. The average molecular weight is 376 g/mol. The van der Waals surface area contributed by atoms with Crippen LogP contribution in [-0.2, 0) is 9.59 Å². The normalized spacial score (nSPS) is 11.9. The first-order valence-electron chi connectivity index (χ1n) is 8.43. The van der Waals surface area contributed by atoms with Gasteiger partial charge in [-0.15, -0.1) is 0 Å². The molecular formula is C19H21FN2O5. The molecule has 0 fully saturated rings. The van der Waals surface area contributed by atoms with E-state index in [1.165, 1.54) is 30.3 Å². The van der Waals surface area contributed by atoms with Crippen molar-refractivity contribution in [3.8, 4) is 11.3 Å². The van der Waals surface area contributed by atoms with E-state index in [0.717, 1.165) is 0 Å². The number of hydrogen-bond acceptors (Lipinski definition) is 4. The second-order valence-corrected chi connectivity index (χ2v) is 6.41. The Kier molecular flexibility index (Phi) is 6.70. The number of benzene rings is 1. The molecule has 1 heterocycles. The fourth-order valence-corrected chi connectivity index (χ4v) is 2.45. The van der Waals surface area contributed by atoms with Crippen LogP contribution in [0.2, 0.25) is 0 Å². The molecule has 0 unspecified atom stereocenters. The van der Waals surface area contributed by atoms with Crippen LogP contribution in [0.5, 0.6) is 0 Å². The number of nitrogens with one attached hydrogen (secondary N) is 2. The van der Waals surface area contributed by atoms with Crippen molar-refractivity contribution in [2.45, 2.75) is 26.3 Å². The van der Waals surface area contributed by atoms with E-state index in [4.69, 9.17) is 9.52 Å². The molecule has 0 saturated carbocycles. The van der Waals surface area contributed by atoms with Gasteiger partial charge in [0, 0.05) is 0 Å². The fraction of sp³-hybridized carbons (Fsp3) is 0.316. The lowest BCUT2D eigenvalue weighted by molar-refractivity contribution is -0.142. The molecule has 7 nitrogen and oxygen atoms in total. The topological polar surface area (TPSA) is 109 Å². The third-order valence-corrected chi connectivity index (χ3v) is 3.72. The van der Waals surface area contributed by atoms with E-state index in [0.29, 0.717) is 0 Å². The first kappa shape index (κ1) is 20.2. The van der Waals surface area contributed by atoms with Gasteiger partial charge in [-0.3, -0.25) is 9.59 Å². The molecule has 0 radical (unpaired) electrons. The van der Waals surface area contributed by atoms with Crippen LogP contribution in [0.15, 0.2) is 40.8 Å². The third kappa shape index (κ3) is 5.67. The summed E-state index contributed by atoms with van der Waals surface area (Å²) in [5, 5.41) is 13.8. The molecule has 0 spiro atoms. The lowest BCUT2D eigenvalue weighted by atomic mass is 10.0. The highest BCUT2D eigenvalue weighted by Crippen LogP contribution is 2.24. The number of halogens is 1. The van der Waals surface area contributed by atoms with Crippen LogP contribution in [-0.4, -0.2) is 35.5 Å². The zero-order valence-corrected chi connectivity index (χ0v) is 15.0. The second-order valence-electron chi connectivity index (χ2n) is 6.41. The van der Waals surface area contributed by atoms with Crippen LogP contribution in [0.4, 0.5) is 4.39 Å². The van der Waals surface area contributed by atoms with Gasteiger partial charge in [-0.2, -0.15) is 0 Å². The minimum atomic E-state index is -1.14. The summed E-state index contributed by atoms with van der Waals surface area (Å²) in [5.41, 5.74) is 0.215. The van der Waals surface area contributed by atoms with Gasteiger partial charge in [0.25, 0.3) is 5.91 Å². The van der Waals surface area contributed by atoms with Gasteiger partial charge in [0.1, 0.15) is 17.6 Å². The minimum absolute atomic E-state index is 0.0842. The molecule has 144 valence electrons. The van der Waals surface area contributed by atoms with Gasteiger partial charge in [-0.25, -0.2) is 9.18 Å². The Morgan fingerprint density at radius 1 is 1.15 bits per heavy atom. The summed E-state index contributed by atoms with van der Waals surface area (Å²) in [7, 11) is 0. The maximum Gasteiger partial charge on any atom is 0.326 e. The standard InChI is InChI=1S/C19H21FN2O5/c1-11(2)9-14(19(25)26)22-17(23)10-21-18(24)16-8-7-15(27-16)12-5-3-4-6-13(12)20/h3-8,11,14H,9-10H2,1-2H3,(H,21,24)(H,22,23)(H,25,26)/t14-/m0/s1. The molecule has 27 heavy (non-hydrogen) atoms. The van der Waals surface area contributed by atoms with Crippen LogP contribution in [0.3, 0.4) is 0 Å². The molecule has 2 rings (SSSR count). The predicted molar refractivity (Wildman–Crippen MR) is 95.5 cm³/mol. The molecule has 2 aromatic rings. The third-order valence-electron chi connectivity index (χ3n) is 3.72. The predicted octanol–water partition coefficient (Wildman–Crippen LogP) is 2.43. The Labute approximate surface area is 155 Å². The summed E-state index contributed by atoms with van der Waals surface area (Å²) in [4.78, 5) is 35.1. The number of aliphatic carboxylic acids is 1. The molecule has 0 aliphatic rings. The quantitative estimate of drug-likeness (QED) is 0.656. The van der Waals surface area contributed by atoms with E-state index in [1.807, 2.05) is 13.8 Å². The maximum absolute atomic E-state index is 13.8. The number of hydrogen-bond donors (Lipinski definition) is 3. The molecule has 0 bridgehead atoms. The Hall–Kier alpha value is -3.16. The summed E-state index contributed by atoms with van der Waals surface area (Å²) >= 11 is 0. The SMILES string of the molecule is CC(C)C[C@H](NC(=O)CNC(=O)c1ccc(-c2ccccc2F)o1)C(=O)O. The molecule has 1 atom stereocenters. The number of furan rings is 1. The second kappa shape index (κ2) is 8.98.